The lowest BCUT2D eigenvalue weighted by molar-refractivity contribution is 0.0986. The number of carbonyl (C=O) groups excluding carboxylic acids is 1. The number of Topliss-reactive ketones (excluding diaryl/α,β-unsaturated/α-hetero) is 1. The van der Waals surface area contributed by atoms with E-state index in [9.17, 15) is 4.79 Å². The Labute approximate surface area is 141 Å². The van der Waals surface area contributed by atoms with Crippen molar-refractivity contribution < 1.29 is 4.79 Å². The average Bonchev–Trinajstić information content (AvgIpc) is 2.65. The first-order valence-electron chi connectivity index (χ1n) is 8.30. The monoisotopic (exact) mass is 310 g/mol. The van der Waals surface area contributed by atoms with Crippen LogP contribution in [0.15, 0.2) is 84.9 Å². The van der Waals surface area contributed by atoms with Crippen LogP contribution in [-0.2, 0) is 6.42 Å². The summed E-state index contributed by atoms with van der Waals surface area (Å²) in [4.78, 5) is 13.0. The van der Waals surface area contributed by atoms with Crippen LogP contribution in [0, 0.1) is 0 Å². The second-order valence-corrected chi connectivity index (χ2v) is 6.10. The van der Waals surface area contributed by atoms with Crippen LogP contribution < -0.4 is 0 Å². The third kappa shape index (κ3) is 2.69. The fourth-order valence-corrected chi connectivity index (χ4v) is 3.34. The molecule has 0 heterocycles. The van der Waals surface area contributed by atoms with Gasteiger partial charge >= 0.3 is 0 Å². The summed E-state index contributed by atoms with van der Waals surface area (Å²) in [5.74, 6) is 0.215. The molecule has 0 unspecified atom stereocenters. The van der Waals surface area contributed by atoms with Gasteiger partial charge in [0.05, 0.1) is 0 Å². The van der Waals surface area contributed by atoms with E-state index in [-0.39, 0.29) is 5.78 Å². The highest BCUT2D eigenvalue weighted by atomic mass is 16.1. The first-order valence-corrected chi connectivity index (χ1v) is 8.30. The first kappa shape index (κ1) is 14.6. The number of hydrogen-bond donors (Lipinski definition) is 0. The van der Waals surface area contributed by atoms with E-state index in [1.807, 2.05) is 42.5 Å². The van der Waals surface area contributed by atoms with Crippen molar-refractivity contribution in [2.45, 2.75) is 12.8 Å². The molecule has 0 aliphatic rings. The van der Waals surface area contributed by atoms with Crippen LogP contribution in [0.25, 0.3) is 21.5 Å². The Morgan fingerprint density at radius 3 is 1.83 bits per heavy atom. The quantitative estimate of drug-likeness (QED) is 0.343. The maximum absolute atomic E-state index is 13.0. The molecule has 0 amide bonds. The lowest BCUT2D eigenvalue weighted by Crippen LogP contribution is -2.03. The lowest BCUT2D eigenvalue weighted by Gasteiger charge is -2.11. The molecule has 0 N–H and O–H groups in total. The number of hydrogen-bond acceptors (Lipinski definition) is 1. The van der Waals surface area contributed by atoms with Gasteiger partial charge in [0.1, 0.15) is 0 Å². The van der Waals surface area contributed by atoms with E-state index in [4.69, 9.17) is 0 Å². The Morgan fingerprint density at radius 2 is 1.21 bits per heavy atom. The minimum atomic E-state index is 0.215. The Bertz CT molecular complexity index is 962. The molecule has 1 nitrogen and oxygen atoms in total. The van der Waals surface area contributed by atoms with Crippen LogP contribution >= 0.6 is 0 Å². The summed E-state index contributed by atoms with van der Waals surface area (Å²) in [5.41, 5.74) is 2.06. The van der Waals surface area contributed by atoms with Gasteiger partial charge in [0.25, 0.3) is 0 Å². The van der Waals surface area contributed by atoms with Gasteiger partial charge in [-0.05, 0) is 39.6 Å². The third-order valence-electron chi connectivity index (χ3n) is 4.53. The number of fused-ring (bicyclic) bond motifs is 2. The fourth-order valence-electron chi connectivity index (χ4n) is 3.34. The molecular weight excluding hydrogens is 292 g/mol. The third-order valence-corrected chi connectivity index (χ3v) is 4.53. The van der Waals surface area contributed by atoms with Gasteiger partial charge in [-0.2, -0.15) is 0 Å². The van der Waals surface area contributed by atoms with Crippen molar-refractivity contribution >= 4 is 27.3 Å². The fraction of sp³-hybridized carbons (Fsp3) is 0.0870. The van der Waals surface area contributed by atoms with E-state index in [1.54, 1.807) is 0 Å². The first-order chi connectivity index (χ1) is 11.8. The Balaban J connectivity index is 1.79. The highest BCUT2D eigenvalue weighted by Gasteiger charge is 2.14. The Morgan fingerprint density at radius 1 is 0.667 bits per heavy atom. The second-order valence-electron chi connectivity index (χ2n) is 6.10. The molecule has 24 heavy (non-hydrogen) atoms. The van der Waals surface area contributed by atoms with Crippen molar-refractivity contribution in [2.24, 2.45) is 0 Å². The molecule has 0 fully saturated rings. The predicted octanol–water partition coefficient (Wildman–Crippen LogP) is 5.81. The molecule has 0 bridgehead atoms. The number of ketones is 1. The van der Waals surface area contributed by atoms with Crippen LogP contribution in [0.1, 0.15) is 22.3 Å². The van der Waals surface area contributed by atoms with E-state index >= 15 is 0 Å². The molecule has 0 saturated heterocycles. The van der Waals surface area contributed by atoms with E-state index < -0.39 is 0 Å². The van der Waals surface area contributed by atoms with Crippen molar-refractivity contribution in [3.8, 4) is 0 Å². The van der Waals surface area contributed by atoms with E-state index in [0.717, 1.165) is 33.5 Å². The van der Waals surface area contributed by atoms with Crippen LogP contribution in [0.4, 0.5) is 0 Å². The van der Waals surface area contributed by atoms with Gasteiger partial charge in [0.2, 0.25) is 0 Å². The summed E-state index contributed by atoms with van der Waals surface area (Å²) in [7, 11) is 0. The van der Waals surface area contributed by atoms with Crippen molar-refractivity contribution in [2.75, 3.05) is 0 Å². The molecule has 4 rings (SSSR count). The van der Waals surface area contributed by atoms with Crippen molar-refractivity contribution in [3.63, 3.8) is 0 Å². The summed E-state index contributed by atoms with van der Waals surface area (Å²) in [6, 6.07) is 28.7. The highest BCUT2D eigenvalue weighted by Crippen LogP contribution is 2.29. The summed E-state index contributed by atoms with van der Waals surface area (Å²) in [6.07, 6.45) is 1.30. The molecule has 4 aromatic rings. The lowest BCUT2D eigenvalue weighted by atomic mass is 9.92. The standard InChI is InChI=1S/C23H18O/c24-22(15-14-17-8-2-1-3-9-17)23-20-12-6-4-10-18(20)16-19-11-5-7-13-21(19)23/h1-13,16H,14-15H2. The summed E-state index contributed by atoms with van der Waals surface area (Å²) >= 11 is 0. The van der Waals surface area contributed by atoms with Gasteiger partial charge in [0.15, 0.2) is 5.78 Å². The number of benzene rings is 4. The van der Waals surface area contributed by atoms with Crippen LogP contribution in [-0.4, -0.2) is 5.78 Å². The Hall–Kier alpha value is -2.93. The molecule has 0 aromatic heterocycles. The number of rotatable bonds is 4. The van der Waals surface area contributed by atoms with Crippen molar-refractivity contribution in [3.05, 3.63) is 96.1 Å². The summed E-state index contributed by atoms with van der Waals surface area (Å²) in [5, 5.41) is 4.35. The topological polar surface area (TPSA) is 17.1 Å². The highest BCUT2D eigenvalue weighted by molar-refractivity contribution is 6.18. The molecule has 0 aliphatic heterocycles. The van der Waals surface area contributed by atoms with E-state index in [2.05, 4.69) is 42.5 Å². The van der Waals surface area contributed by atoms with Crippen molar-refractivity contribution in [1.29, 1.82) is 0 Å². The SMILES string of the molecule is O=C(CCc1ccccc1)c1c2ccccc2cc2ccccc12. The Kier molecular flexibility index (Phi) is 3.84. The number of aryl methyl sites for hydroxylation is 1. The van der Waals surface area contributed by atoms with Gasteiger partial charge in [-0.15, -0.1) is 0 Å². The largest absolute Gasteiger partial charge is 0.294 e. The van der Waals surface area contributed by atoms with Crippen molar-refractivity contribution in [1.82, 2.24) is 0 Å². The molecular formula is C23H18O. The summed E-state index contributed by atoms with van der Waals surface area (Å²) < 4.78 is 0. The van der Waals surface area contributed by atoms with Crippen LogP contribution in [0.2, 0.25) is 0 Å². The minimum Gasteiger partial charge on any atom is -0.294 e. The molecule has 0 radical (unpaired) electrons. The molecule has 0 spiro atoms. The molecule has 1 heteroatoms. The maximum atomic E-state index is 13.0. The normalized spacial score (nSPS) is 11.0. The van der Waals surface area contributed by atoms with Gasteiger partial charge < -0.3 is 0 Å². The molecule has 116 valence electrons. The zero-order chi connectivity index (χ0) is 16.4. The van der Waals surface area contributed by atoms with Gasteiger partial charge in [-0.25, -0.2) is 0 Å². The molecule has 0 atom stereocenters. The summed E-state index contributed by atoms with van der Waals surface area (Å²) in [6.45, 7) is 0. The molecule has 0 aliphatic carbocycles. The predicted molar refractivity (Wildman–Crippen MR) is 101 cm³/mol. The second kappa shape index (κ2) is 6.29. The van der Waals surface area contributed by atoms with Gasteiger partial charge in [0, 0.05) is 12.0 Å². The van der Waals surface area contributed by atoms with E-state index in [1.165, 1.54) is 5.56 Å². The van der Waals surface area contributed by atoms with Crippen LogP contribution in [0.3, 0.4) is 0 Å². The average molecular weight is 310 g/mol. The number of carbonyl (C=O) groups is 1. The zero-order valence-electron chi connectivity index (χ0n) is 13.4. The maximum Gasteiger partial charge on any atom is 0.164 e. The van der Waals surface area contributed by atoms with Crippen LogP contribution in [0.5, 0.6) is 0 Å². The van der Waals surface area contributed by atoms with Gasteiger partial charge in [-0.3, -0.25) is 4.79 Å². The molecule has 0 saturated carbocycles. The smallest absolute Gasteiger partial charge is 0.164 e. The van der Waals surface area contributed by atoms with E-state index in [0.29, 0.717) is 6.42 Å². The molecule has 4 aromatic carbocycles. The van der Waals surface area contributed by atoms with Gasteiger partial charge in [-0.1, -0.05) is 78.9 Å². The zero-order valence-corrected chi connectivity index (χ0v) is 13.4. The minimum absolute atomic E-state index is 0.215.